The molecule has 3 aromatic rings. The number of carbonyl (C=O) groups is 2. The van der Waals surface area contributed by atoms with Crippen LogP contribution in [-0.2, 0) is 28.3 Å². The number of nitrogens with zero attached hydrogens (tertiary/aromatic N) is 4. The van der Waals surface area contributed by atoms with Crippen LogP contribution in [0.1, 0.15) is 43.9 Å². The third-order valence-electron chi connectivity index (χ3n) is 8.11. The minimum Gasteiger partial charge on any atom is -0.458 e. The second-order valence-electron chi connectivity index (χ2n) is 11.2. The monoisotopic (exact) mass is 565 g/mol. The first-order chi connectivity index (χ1) is 19.5. The van der Waals surface area contributed by atoms with Crippen molar-refractivity contribution in [3.8, 4) is 17.1 Å². The van der Waals surface area contributed by atoms with Gasteiger partial charge in [-0.2, -0.15) is 0 Å². The van der Waals surface area contributed by atoms with Gasteiger partial charge in [0.1, 0.15) is 6.61 Å². The molecule has 0 bridgehead atoms. The number of ether oxygens (including phenoxy) is 2. The Morgan fingerprint density at radius 2 is 1.95 bits per heavy atom. The molecule has 0 saturated carbocycles. The fourth-order valence-electron chi connectivity index (χ4n) is 5.74. The van der Waals surface area contributed by atoms with E-state index in [4.69, 9.17) is 14.5 Å². The number of benzene rings is 1. The summed E-state index contributed by atoms with van der Waals surface area (Å²) in [7, 11) is 1.97. The van der Waals surface area contributed by atoms with Crippen LogP contribution in [0.15, 0.2) is 23.0 Å². The second-order valence-corrected chi connectivity index (χ2v) is 11.2. The standard InChI is InChI=1S/C29H32FN5O6/c1-5-29(39)19-11-22-23-16(13-35(22)26(36)18(19)14-40-27(29)37)10-17-21(32-23)12-20(30)25(24(17)31-15(2)3)41-28(38)34-8-6-33(4)7-9-34/h10-12,15,31,39H,5-9,13-14H2,1-4H3/t29-/m0/s1. The number of carbonyl (C=O) groups excluding carboxylic acids is 2. The van der Waals surface area contributed by atoms with Crippen molar-refractivity contribution in [1.82, 2.24) is 19.4 Å². The van der Waals surface area contributed by atoms with Crippen LogP contribution in [0, 0.1) is 5.82 Å². The van der Waals surface area contributed by atoms with Crippen molar-refractivity contribution in [2.24, 2.45) is 0 Å². The third kappa shape index (κ3) is 4.32. The largest absolute Gasteiger partial charge is 0.458 e. The van der Waals surface area contributed by atoms with Crippen molar-refractivity contribution in [2.45, 2.75) is 52.0 Å². The van der Waals surface area contributed by atoms with Crippen LogP contribution in [0.5, 0.6) is 5.75 Å². The molecule has 3 aliphatic heterocycles. The fourth-order valence-corrected chi connectivity index (χ4v) is 5.74. The summed E-state index contributed by atoms with van der Waals surface area (Å²) in [5.74, 6) is -1.75. The molecule has 1 aromatic carbocycles. The van der Waals surface area contributed by atoms with Gasteiger partial charge in [0.2, 0.25) is 0 Å². The number of aliphatic hydroxyl groups is 1. The average molecular weight is 566 g/mol. The van der Waals surface area contributed by atoms with E-state index in [9.17, 15) is 19.5 Å². The van der Waals surface area contributed by atoms with Gasteiger partial charge in [-0.3, -0.25) is 4.79 Å². The van der Waals surface area contributed by atoms with Crippen molar-refractivity contribution in [3.63, 3.8) is 0 Å². The van der Waals surface area contributed by atoms with Crippen molar-refractivity contribution in [3.05, 3.63) is 51.1 Å². The summed E-state index contributed by atoms with van der Waals surface area (Å²) in [5.41, 5.74) is 0.283. The molecule has 5 heterocycles. The maximum atomic E-state index is 15.6. The van der Waals surface area contributed by atoms with Gasteiger partial charge in [-0.25, -0.2) is 19.0 Å². The van der Waals surface area contributed by atoms with E-state index in [-0.39, 0.29) is 48.0 Å². The van der Waals surface area contributed by atoms with Crippen molar-refractivity contribution < 1.29 is 28.6 Å². The molecule has 1 atom stereocenters. The van der Waals surface area contributed by atoms with E-state index in [1.807, 2.05) is 27.0 Å². The topological polar surface area (TPSA) is 126 Å². The van der Waals surface area contributed by atoms with Gasteiger partial charge >= 0.3 is 12.1 Å². The normalized spacial score (nSPS) is 20.1. The first kappa shape index (κ1) is 27.2. The SMILES string of the molecule is CC[C@@]1(O)C(=O)OCc2c1cc1n(c2=O)Cc2cc3c(NC(C)C)c(OC(=O)N4CCN(C)CC4)c(F)cc3nc2-1. The van der Waals surface area contributed by atoms with Gasteiger partial charge in [-0.15, -0.1) is 0 Å². The molecule has 0 unspecified atom stereocenters. The highest BCUT2D eigenvalue weighted by Gasteiger charge is 2.45. The highest BCUT2D eigenvalue weighted by Crippen LogP contribution is 2.42. The van der Waals surface area contributed by atoms with Crippen LogP contribution in [0.4, 0.5) is 14.9 Å². The zero-order chi connectivity index (χ0) is 29.2. The van der Waals surface area contributed by atoms with E-state index < -0.39 is 23.5 Å². The van der Waals surface area contributed by atoms with Crippen LogP contribution in [0.25, 0.3) is 22.3 Å². The Hall–Kier alpha value is -4.03. The molecule has 0 radical (unpaired) electrons. The van der Waals surface area contributed by atoms with E-state index in [1.54, 1.807) is 17.9 Å². The first-order valence-electron chi connectivity index (χ1n) is 13.8. The van der Waals surface area contributed by atoms with Crippen LogP contribution in [-0.4, -0.2) is 75.8 Å². The molecule has 1 amide bonds. The first-order valence-corrected chi connectivity index (χ1v) is 13.8. The highest BCUT2D eigenvalue weighted by atomic mass is 19.1. The molecule has 2 aromatic heterocycles. The quantitative estimate of drug-likeness (QED) is 0.359. The number of cyclic esters (lactones) is 1. The summed E-state index contributed by atoms with van der Waals surface area (Å²) in [5, 5.41) is 14.9. The van der Waals surface area contributed by atoms with Crippen molar-refractivity contribution in [1.29, 1.82) is 0 Å². The summed E-state index contributed by atoms with van der Waals surface area (Å²) in [6, 6.07) is 4.52. The Kier molecular flexibility index (Phi) is 6.50. The van der Waals surface area contributed by atoms with Gasteiger partial charge in [-0.05, 0) is 39.4 Å². The predicted molar refractivity (Wildman–Crippen MR) is 148 cm³/mol. The lowest BCUT2D eigenvalue weighted by atomic mass is 9.86. The Labute approximate surface area is 235 Å². The van der Waals surface area contributed by atoms with E-state index >= 15 is 4.39 Å². The zero-order valence-corrected chi connectivity index (χ0v) is 23.4. The van der Waals surface area contributed by atoms with Crippen molar-refractivity contribution >= 4 is 28.7 Å². The lowest BCUT2D eigenvalue weighted by Gasteiger charge is -2.31. The number of pyridine rings is 2. The predicted octanol–water partition coefficient (Wildman–Crippen LogP) is 2.79. The van der Waals surface area contributed by atoms with E-state index in [2.05, 4.69) is 10.2 Å². The number of esters is 1. The molecule has 216 valence electrons. The van der Waals surface area contributed by atoms with E-state index in [1.165, 1.54) is 10.6 Å². The molecule has 41 heavy (non-hydrogen) atoms. The van der Waals surface area contributed by atoms with E-state index in [0.29, 0.717) is 59.7 Å². The number of hydrogen-bond acceptors (Lipinski definition) is 9. The third-order valence-corrected chi connectivity index (χ3v) is 8.11. The van der Waals surface area contributed by atoms with Crippen LogP contribution in [0.3, 0.4) is 0 Å². The minimum absolute atomic E-state index is 0.0325. The zero-order valence-electron chi connectivity index (χ0n) is 23.4. The molecule has 2 N–H and O–H groups in total. The molecule has 1 fully saturated rings. The number of nitrogens with one attached hydrogen (secondary N) is 1. The highest BCUT2D eigenvalue weighted by molar-refractivity contribution is 5.98. The molecule has 6 rings (SSSR count). The van der Waals surface area contributed by atoms with Gasteiger partial charge < -0.3 is 34.3 Å². The second kappa shape index (κ2) is 9.81. The Bertz CT molecular complexity index is 1660. The lowest BCUT2D eigenvalue weighted by Crippen LogP contribution is -2.48. The molecule has 11 nitrogen and oxygen atoms in total. The summed E-state index contributed by atoms with van der Waals surface area (Å²) in [6.07, 6.45) is -0.591. The molecule has 0 spiro atoms. The van der Waals surface area contributed by atoms with Gasteiger partial charge in [0.05, 0.1) is 34.7 Å². The maximum absolute atomic E-state index is 15.6. The van der Waals surface area contributed by atoms with Gasteiger partial charge in [0, 0.05) is 54.8 Å². The number of amides is 1. The van der Waals surface area contributed by atoms with Crippen molar-refractivity contribution in [2.75, 3.05) is 38.5 Å². The van der Waals surface area contributed by atoms with Crippen LogP contribution in [0.2, 0.25) is 0 Å². The van der Waals surface area contributed by atoms with E-state index in [0.717, 1.165) is 0 Å². The number of fused-ring (bicyclic) bond motifs is 5. The summed E-state index contributed by atoms with van der Waals surface area (Å²) < 4.78 is 27.9. The molecular weight excluding hydrogens is 533 g/mol. The van der Waals surface area contributed by atoms with Gasteiger partial charge in [0.25, 0.3) is 5.56 Å². The lowest BCUT2D eigenvalue weighted by molar-refractivity contribution is -0.172. The molecule has 3 aliphatic rings. The molecule has 0 aliphatic carbocycles. The average Bonchev–Trinajstić information content (AvgIpc) is 3.30. The fraction of sp³-hybridized carbons (Fsp3) is 0.448. The number of rotatable bonds is 4. The number of likely N-dealkylation sites (N-methyl/N-ethyl adjacent to an activating group) is 1. The molecule has 12 heteroatoms. The Morgan fingerprint density at radius 1 is 1.22 bits per heavy atom. The molecular formula is C29H32FN5O6. The van der Waals surface area contributed by atoms with Gasteiger partial charge in [0.15, 0.2) is 17.2 Å². The number of piperazine rings is 1. The maximum Gasteiger partial charge on any atom is 0.415 e. The van der Waals surface area contributed by atoms with Crippen LogP contribution >= 0.6 is 0 Å². The molecule has 1 saturated heterocycles. The summed E-state index contributed by atoms with van der Waals surface area (Å²) in [4.78, 5) is 47.3. The van der Waals surface area contributed by atoms with Gasteiger partial charge in [-0.1, -0.05) is 6.92 Å². The smallest absolute Gasteiger partial charge is 0.415 e. The number of aromatic nitrogens is 2. The number of anilines is 1. The number of hydrogen-bond donors (Lipinski definition) is 2. The Morgan fingerprint density at radius 3 is 2.63 bits per heavy atom. The number of halogens is 1. The Balaban J connectivity index is 1.46. The summed E-state index contributed by atoms with van der Waals surface area (Å²) >= 11 is 0. The summed E-state index contributed by atoms with van der Waals surface area (Å²) in [6.45, 7) is 7.74. The van der Waals surface area contributed by atoms with Crippen LogP contribution < -0.4 is 15.6 Å². The minimum atomic E-state index is -1.94.